The SMILES string of the molecule is O=C1Nc2ccc(F)cc2C2(CCN(CCC(C(=O)NCc3cccc(OC(F)(F)F)c3)c3ccc(F)cc3)CC2)P1. The van der Waals surface area contributed by atoms with E-state index in [9.17, 15) is 31.5 Å². The lowest BCUT2D eigenvalue weighted by Gasteiger charge is -2.44. The van der Waals surface area contributed by atoms with Crippen LogP contribution < -0.4 is 15.4 Å². The van der Waals surface area contributed by atoms with Crippen molar-refractivity contribution in [1.29, 1.82) is 0 Å². The predicted octanol–water partition coefficient (Wildman–Crippen LogP) is 6.87. The van der Waals surface area contributed by atoms with Crippen molar-refractivity contribution < 1.29 is 36.3 Å². The molecule has 3 aromatic rings. The number of anilines is 1. The number of amides is 2. The molecule has 12 heteroatoms. The molecule has 2 heterocycles. The average molecular weight is 606 g/mol. The third kappa shape index (κ3) is 7.25. The molecule has 0 saturated carbocycles. The van der Waals surface area contributed by atoms with E-state index in [2.05, 4.69) is 20.3 Å². The van der Waals surface area contributed by atoms with Crippen LogP contribution in [0.15, 0.2) is 66.7 Å². The summed E-state index contributed by atoms with van der Waals surface area (Å²) >= 11 is 0. The van der Waals surface area contributed by atoms with Crippen molar-refractivity contribution in [3.63, 3.8) is 0 Å². The van der Waals surface area contributed by atoms with E-state index >= 15 is 0 Å². The molecule has 6 nitrogen and oxygen atoms in total. The summed E-state index contributed by atoms with van der Waals surface area (Å²) < 4.78 is 69.5. The van der Waals surface area contributed by atoms with Crippen molar-refractivity contribution in [2.45, 2.75) is 43.2 Å². The van der Waals surface area contributed by atoms with Gasteiger partial charge in [0.1, 0.15) is 17.4 Å². The van der Waals surface area contributed by atoms with Crippen LogP contribution in [0, 0.1) is 11.6 Å². The Kier molecular flexibility index (Phi) is 8.80. The molecular formula is C30H29F5N3O3P. The van der Waals surface area contributed by atoms with Gasteiger partial charge in [0, 0.05) is 17.4 Å². The van der Waals surface area contributed by atoms with E-state index in [1.54, 1.807) is 24.3 Å². The summed E-state index contributed by atoms with van der Waals surface area (Å²) in [6.45, 7) is 1.84. The largest absolute Gasteiger partial charge is 0.573 e. The molecule has 222 valence electrons. The molecule has 2 aliphatic heterocycles. The molecule has 1 spiro atoms. The number of nitrogens with one attached hydrogen (secondary N) is 2. The maximum Gasteiger partial charge on any atom is 0.573 e. The summed E-state index contributed by atoms with van der Waals surface area (Å²) in [6, 6.07) is 15.5. The minimum atomic E-state index is -4.83. The summed E-state index contributed by atoms with van der Waals surface area (Å²) in [5, 5.41) is 5.21. The Morgan fingerprint density at radius 1 is 1.02 bits per heavy atom. The van der Waals surface area contributed by atoms with Crippen LogP contribution in [0.4, 0.5) is 32.4 Å². The monoisotopic (exact) mass is 605 g/mol. The molecule has 2 unspecified atom stereocenters. The first-order valence-corrected chi connectivity index (χ1v) is 14.5. The Morgan fingerprint density at radius 2 is 1.74 bits per heavy atom. The number of alkyl halides is 3. The van der Waals surface area contributed by atoms with Gasteiger partial charge in [-0.1, -0.05) is 24.3 Å². The third-order valence-corrected chi connectivity index (χ3v) is 9.33. The summed E-state index contributed by atoms with van der Waals surface area (Å²) in [4.78, 5) is 28.0. The second-order valence-corrected chi connectivity index (χ2v) is 12.2. The van der Waals surface area contributed by atoms with Crippen molar-refractivity contribution in [3.05, 3.63) is 95.1 Å². The number of carbonyl (C=O) groups excluding carboxylic acids is 2. The first-order chi connectivity index (χ1) is 20.0. The fourth-order valence-electron chi connectivity index (χ4n) is 5.63. The van der Waals surface area contributed by atoms with E-state index in [1.807, 2.05) is 0 Å². The van der Waals surface area contributed by atoms with Crippen LogP contribution >= 0.6 is 8.58 Å². The van der Waals surface area contributed by atoms with Gasteiger partial charge in [0.2, 0.25) is 11.6 Å². The Morgan fingerprint density at radius 3 is 2.45 bits per heavy atom. The number of ether oxygens (including phenoxy) is 1. The highest BCUT2D eigenvalue weighted by Crippen LogP contribution is 2.55. The Balaban J connectivity index is 1.24. The lowest BCUT2D eigenvalue weighted by atomic mass is 9.86. The first-order valence-electron chi connectivity index (χ1n) is 13.5. The van der Waals surface area contributed by atoms with Gasteiger partial charge in [0.25, 0.3) is 0 Å². The zero-order valence-electron chi connectivity index (χ0n) is 22.4. The molecule has 2 N–H and O–H groups in total. The number of halogens is 5. The molecule has 0 aliphatic carbocycles. The van der Waals surface area contributed by atoms with E-state index < -0.39 is 23.3 Å². The van der Waals surface area contributed by atoms with Gasteiger partial charge in [-0.2, -0.15) is 0 Å². The molecule has 5 rings (SSSR count). The van der Waals surface area contributed by atoms with Crippen molar-refractivity contribution in [2.75, 3.05) is 25.0 Å². The number of hydrogen-bond acceptors (Lipinski definition) is 4. The highest BCUT2D eigenvalue weighted by molar-refractivity contribution is 7.59. The topological polar surface area (TPSA) is 70.7 Å². The zero-order chi connectivity index (χ0) is 29.9. The predicted molar refractivity (Wildman–Crippen MR) is 150 cm³/mol. The molecule has 0 bridgehead atoms. The number of benzene rings is 3. The van der Waals surface area contributed by atoms with E-state index in [0.29, 0.717) is 55.7 Å². The maximum atomic E-state index is 14.1. The number of piperidine rings is 1. The van der Waals surface area contributed by atoms with Gasteiger partial charge in [-0.15, -0.1) is 13.2 Å². The van der Waals surface area contributed by atoms with Crippen molar-refractivity contribution in [1.82, 2.24) is 10.2 Å². The van der Waals surface area contributed by atoms with E-state index in [0.717, 1.165) is 5.56 Å². The number of carbonyl (C=O) groups is 2. The van der Waals surface area contributed by atoms with Crippen molar-refractivity contribution in [2.24, 2.45) is 0 Å². The lowest BCUT2D eigenvalue weighted by Crippen LogP contribution is -2.43. The van der Waals surface area contributed by atoms with E-state index in [1.165, 1.54) is 42.5 Å². The second-order valence-electron chi connectivity index (χ2n) is 10.5. The molecule has 0 radical (unpaired) electrons. The van der Waals surface area contributed by atoms with E-state index in [-0.39, 0.29) is 38.2 Å². The van der Waals surface area contributed by atoms with Gasteiger partial charge in [-0.25, -0.2) is 8.78 Å². The molecule has 1 saturated heterocycles. The number of likely N-dealkylation sites (tertiary alicyclic amines) is 1. The van der Waals surface area contributed by atoms with Gasteiger partial charge < -0.3 is 20.3 Å². The van der Waals surface area contributed by atoms with Crippen LogP contribution in [-0.2, 0) is 16.5 Å². The minimum Gasteiger partial charge on any atom is -0.406 e. The Bertz CT molecular complexity index is 1440. The molecule has 2 atom stereocenters. The van der Waals surface area contributed by atoms with Crippen LogP contribution in [0.1, 0.15) is 41.9 Å². The van der Waals surface area contributed by atoms with E-state index in [4.69, 9.17) is 0 Å². The van der Waals surface area contributed by atoms with Crippen LogP contribution in [0.5, 0.6) is 5.75 Å². The molecule has 1 fully saturated rings. The summed E-state index contributed by atoms with van der Waals surface area (Å²) in [5.41, 5.74) is 2.46. The quantitative estimate of drug-likeness (QED) is 0.217. The summed E-state index contributed by atoms with van der Waals surface area (Å²) in [7, 11) is -0.0151. The third-order valence-electron chi connectivity index (χ3n) is 7.73. The normalized spacial score (nSPS) is 17.9. The number of nitrogens with zero attached hydrogens (tertiary/aromatic N) is 1. The average Bonchev–Trinajstić information content (AvgIpc) is 2.94. The van der Waals surface area contributed by atoms with Crippen molar-refractivity contribution in [3.8, 4) is 5.75 Å². The zero-order valence-corrected chi connectivity index (χ0v) is 23.4. The molecule has 42 heavy (non-hydrogen) atoms. The first kappa shape index (κ1) is 29.9. The number of hydrogen-bond donors (Lipinski definition) is 2. The van der Waals surface area contributed by atoms with Crippen LogP contribution in [0.25, 0.3) is 0 Å². The van der Waals surface area contributed by atoms with Crippen LogP contribution in [0.2, 0.25) is 0 Å². The molecular weight excluding hydrogens is 576 g/mol. The molecule has 2 amide bonds. The Labute approximate surface area is 241 Å². The van der Waals surface area contributed by atoms with Crippen LogP contribution in [0.3, 0.4) is 0 Å². The fourth-order valence-corrected chi connectivity index (χ4v) is 7.08. The van der Waals surface area contributed by atoms with Gasteiger partial charge in [-0.3, -0.25) is 9.59 Å². The standard InChI is InChI=1S/C30H29F5N3O3P/c31-21-6-4-20(5-7-21)24(27(39)36-18-19-2-1-3-23(16-19)41-30(33,34)35)10-13-38-14-11-29(12-15-38)25-17-22(32)8-9-26(25)37-28(40)42-29/h1-9,16-17,24,42H,10-15,18H2,(H,36,39)(H,37,40). The van der Waals surface area contributed by atoms with Crippen LogP contribution in [-0.4, -0.2) is 42.5 Å². The fraction of sp³-hybridized carbons (Fsp3) is 0.333. The summed E-state index contributed by atoms with van der Waals surface area (Å²) in [6.07, 6.45) is -3.08. The Hall–Kier alpha value is -3.56. The molecule has 3 aromatic carbocycles. The highest BCUT2D eigenvalue weighted by atomic mass is 31.1. The second kappa shape index (κ2) is 12.4. The number of fused-ring (bicyclic) bond motifs is 2. The minimum absolute atomic E-state index is 0.0151. The smallest absolute Gasteiger partial charge is 0.406 e. The molecule has 0 aromatic heterocycles. The number of rotatable bonds is 8. The van der Waals surface area contributed by atoms with Gasteiger partial charge in [-0.05, 0) is 107 Å². The van der Waals surface area contributed by atoms with Gasteiger partial charge in [0.15, 0.2) is 0 Å². The molecule has 2 aliphatic rings. The maximum absolute atomic E-state index is 14.1. The lowest BCUT2D eigenvalue weighted by molar-refractivity contribution is -0.274. The summed E-state index contributed by atoms with van der Waals surface area (Å²) in [5.74, 6) is -2.13. The highest BCUT2D eigenvalue weighted by Gasteiger charge is 2.43. The van der Waals surface area contributed by atoms with Crippen molar-refractivity contribution >= 4 is 25.8 Å². The van der Waals surface area contributed by atoms with Gasteiger partial charge >= 0.3 is 6.36 Å². The van der Waals surface area contributed by atoms with Gasteiger partial charge in [0.05, 0.1) is 5.92 Å².